The molecule has 0 radical (unpaired) electrons. The minimum absolute atomic E-state index is 0.106. The molecule has 1 aliphatic rings. The van der Waals surface area contributed by atoms with E-state index in [-0.39, 0.29) is 39.1 Å². The Labute approximate surface area is 201 Å². The van der Waals surface area contributed by atoms with Crippen molar-refractivity contribution in [2.45, 2.75) is 19.8 Å². The maximum Gasteiger partial charge on any atom is 0.479 e. The molecule has 3 rings (SSSR count). The summed E-state index contributed by atoms with van der Waals surface area (Å²) in [5.74, 6) is -7.22. The molecule has 34 heavy (non-hydrogen) atoms. The van der Waals surface area contributed by atoms with Crippen LogP contribution in [-0.4, -0.2) is 43.6 Å². The van der Waals surface area contributed by atoms with E-state index in [0.29, 0.717) is 4.90 Å². The van der Waals surface area contributed by atoms with Crippen molar-refractivity contribution in [1.82, 2.24) is 0 Å². The lowest BCUT2D eigenvalue weighted by Gasteiger charge is -2.29. The van der Waals surface area contributed by atoms with Gasteiger partial charge in [0.15, 0.2) is 5.76 Å². The molecule has 2 aromatic rings. The molecule has 0 bridgehead atoms. The van der Waals surface area contributed by atoms with E-state index in [1.807, 2.05) is 0 Å². The fourth-order valence-corrected chi connectivity index (χ4v) is 4.01. The van der Waals surface area contributed by atoms with E-state index in [2.05, 4.69) is 0 Å². The predicted octanol–water partition coefficient (Wildman–Crippen LogP) is 3.28. The third-order valence-corrected chi connectivity index (χ3v) is 5.63. The van der Waals surface area contributed by atoms with Gasteiger partial charge in [0.25, 0.3) is 5.91 Å². The molecule has 1 atom stereocenters. The second kappa shape index (κ2) is 9.79. The highest BCUT2D eigenvalue weighted by atomic mass is 35.5. The number of thiophene rings is 1. The number of nitrogens with two attached hydrogens (primary N) is 1. The maximum absolute atomic E-state index is 14.4. The molecular weight excluding hydrogens is 495 g/mol. The number of ether oxygens (including phenoxy) is 4. The minimum Gasteiger partial charge on any atom is -0.458 e. The molecule has 0 saturated heterocycles. The van der Waals surface area contributed by atoms with Crippen LogP contribution < -0.4 is 10.6 Å². The lowest BCUT2D eigenvalue weighted by molar-refractivity contribution is -0.317. The summed E-state index contributed by atoms with van der Waals surface area (Å²) >= 11 is 6.92. The van der Waals surface area contributed by atoms with Crippen LogP contribution in [0.15, 0.2) is 29.6 Å². The van der Waals surface area contributed by atoms with Crippen LogP contribution >= 0.6 is 22.9 Å². The number of hydrogen-bond acceptors (Lipinski definition) is 9. The number of carbonyl (C=O) groups excluding carboxylic acids is 4. The quantitative estimate of drug-likeness (QED) is 0.258. The molecule has 1 aromatic heterocycles. The number of fused-ring (bicyclic) bond motifs is 1. The second-order valence-electron chi connectivity index (χ2n) is 6.62. The molecule has 0 saturated carbocycles. The third-order valence-electron chi connectivity index (χ3n) is 4.47. The number of imide groups is 1. The van der Waals surface area contributed by atoms with Gasteiger partial charge in [0.2, 0.25) is 0 Å². The summed E-state index contributed by atoms with van der Waals surface area (Å²) in [6.07, 6.45) is 0. The van der Waals surface area contributed by atoms with E-state index in [1.54, 1.807) is 11.4 Å². The van der Waals surface area contributed by atoms with Gasteiger partial charge in [-0.25, -0.2) is 18.9 Å². The van der Waals surface area contributed by atoms with Crippen LogP contribution in [0.25, 0.3) is 11.3 Å². The Morgan fingerprint density at radius 3 is 2.50 bits per heavy atom. The summed E-state index contributed by atoms with van der Waals surface area (Å²) < 4.78 is 35.2. The van der Waals surface area contributed by atoms with Crippen LogP contribution in [0.3, 0.4) is 0 Å². The third kappa shape index (κ3) is 4.47. The molecule has 0 spiro atoms. The first-order valence-corrected chi connectivity index (χ1v) is 10.8. The molecule has 2 N–H and O–H groups in total. The summed E-state index contributed by atoms with van der Waals surface area (Å²) in [5.41, 5.74) is 4.81. The first-order valence-electron chi connectivity index (χ1n) is 9.58. The number of halogens is 2. The smallest absolute Gasteiger partial charge is 0.458 e. The highest BCUT2D eigenvalue weighted by Crippen LogP contribution is 2.45. The van der Waals surface area contributed by atoms with E-state index in [4.69, 9.17) is 36.3 Å². The lowest BCUT2D eigenvalue weighted by Crippen LogP contribution is -2.48. The van der Waals surface area contributed by atoms with Gasteiger partial charge in [0, 0.05) is 19.6 Å². The van der Waals surface area contributed by atoms with Crippen molar-refractivity contribution in [2.24, 2.45) is 5.73 Å². The fourth-order valence-electron chi connectivity index (χ4n) is 3.14. The molecular formula is C21H18ClFN2O8S. The average molecular weight is 513 g/mol. The molecule has 3 amide bonds. The number of nitrogens with zero attached hydrogens (tertiary/aromatic N) is 1. The first-order chi connectivity index (χ1) is 16.1. The summed E-state index contributed by atoms with van der Waals surface area (Å²) in [6.45, 7) is 2.37. The summed E-state index contributed by atoms with van der Waals surface area (Å²) in [6, 6.07) is 3.91. The molecule has 10 nitrogen and oxygen atoms in total. The van der Waals surface area contributed by atoms with Gasteiger partial charge < -0.3 is 24.7 Å². The van der Waals surface area contributed by atoms with Crippen molar-refractivity contribution in [1.29, 1.82) is 0 Å². The van der Waals surface area contributed by atoms with Crippen molar-refractivity contribution in [3.8, 4) is 0 Å². The van der Waals surface area contributed by atoms with Crippen molar-refractivity contribution < 1.29 is 42.5 Å². The highest BCUT2D eigenvalue weighted by molar-refractivity contribution is 7.11. The topological polar surface area (TPSA) is 134 Å². The summed E-state index contributed by atoms with van der Waals surface area (Å²) in [7, 11) is 1.01. The van der Waals surface area contributed by atoms with Gasteiger partial charge >= 0.3 is 23.9 Å². The number of methoxy groups -OCH3 is 1. The zero-order valence-corrected chi connectivity index (χ0v) is 19.6. The van der Waals surface area contributed by atoms with Crippen LogP contribution in [0.5, 0.6) is 0 Å². The molecule has 0 fully saturated rings. The van der Waals surface area contributed by atoms with Crippen LogP contribution in [0.1, 0.15) is 24.3 Å². The average Bonchev–Trinajstić information content (AvgIpc) is 3.38. The van der Waals surface area contributed by atoms with Gasteiger partial charge in [-0.3, -0.25) is 9.59 Å². The zero-order chi connectivity index (χ0) is 25.2. The van der Waals surface area contributed by atoms with Crippen LogP contribution in [0.2, 0.25) is 5.02 Å². The molecule has 2 heterocycles. The Morgan fingerprint density at radius 1 is 1.26 bits per heavy atom. The van der Waals surface area contributed by atoms with Gasteiger partial charge in [0.05, 0.1) is 27.8 Å². The number of primary amides is 1. The Morgan fingerprint density at radius 2 is 1.97 bits per heavy atom. The number of rotatable bonds is 7. The Kier molecular flexibility index (Phi) is 7.24. The Bertz CT molecular complexity index is 1200. The van der Waals surface area contributed by atoms with Crippen LogP contribution in [0.4, 0.5) is 14.9 Å². The van der Waals surface area contributed by atoms with Crippen molar-refractivity contribution in [2.75, 3.05) is 18.6 Å². The molecule has 0 aliphatic carbocycles. The van der Waals surface area contributed by atoms with Gasteiger partial charge in [-0.05, 0) is 30.5 Å². The van der Waals surface area contributed by atoms with E-state index in [1.165, 1.54) is 13.0 Å². The number of carbonyl (C=O) groups is 4. The lowest BCUT2D eigenvalue weighted by atomic mass is 10.0. The van der Waals surface area contributed by atoms with Crippen molar-refractivity contribution >= 4 is 63.8 Å². The largest absolute Gasteiger partial charge is 0.479 e. The number of anilines is 1. The van der Waals surface area contributed by atoms with E-state index in [0.717, 1.165) is 37.5 Å². The number of esters is 2. The number of benzene rings is 1. The van der Waals surface area contributed by atoms with Crippen LogP contribution in [-0.2, 0) is 33.3 Å². The van der Waals surface area contributed by atoms with E-state index in [9.17, 15) is 23.6 Å². The predicted molar refractivity (Wildman–Crippen MR) is 119 cm³/mol. The summed E-state index contributed by atoms with van der Waals surface area (Å²) in [4.78, 5) is 50.7. The van der Waals surface area contributed by atoms with Gasteiger partial charge in [-0.1, -0.05) is 17.7 Å². The zero-order valence-electron chi connectivity index (χ0n) is 18.0. The second-order valence-corrected chi connectivity index (χ2v) is 7.98. The van der Waals surface area contributed by atoms with Crippen molar-refractivity contribution in [3.05, 3.63) is 50.9 Å². The maximum atomic E-state index is 14.4. The van der Waals surface area contributed by atoms with Gasteiger partial charge in [-0.15, -0.1) is 11.3 Å². The Balaban J connectivity index is 2.34. The normalized spacial score (nSPS) is 15.9. The number of urea groups is 1. The monoisotopic (exact) mass is 512 g/mol. The van der Waals surface area contributed by atoms with Crippen LogP contribution in [0, 0.1) is 5.82 Å². The first kappa shape index (κ1) is 25.1. The fraction of sp³-hybridized carbons (Fsp3) is 0.238. The molecule has 180 valence electrons. The number of hydrogen-bond donors (Lipinski definition) is 1. The van der Waals surface area contributed by atoms with E-state index < -0.39 is 35.7 Å². The standard InChI is InChI=1S/C21H18ClFN2O8S/c1-4-31-19(28)21(30-3,32-10(2)26)33-17(15-6-5-7-34-15)16-11-8-13(23)12(22)9-14(11)25(18(16)27)20(24)29/h5-9H,4H2,1-3H3,(H2,24,29). The summed E-state index contributed by atoms with van der Waals surface area (Å²) in [5, 5.41) is 1.26. The van der Waals surface area contributed by atoms with E-state index >= 15 is 0 Å². The van der Waals surface area contributed by atoms with Gasteiger partial charge in [0.1, 0.15) is 5.82 Å². The number of amides is 3. The molecule has 1 unspecified atom stereocenters. The minimum atomic E-state index is -2.76. The van der Waals surface area contributed by atoms with Gasteiger partial charge in [-0.2, -0.15) is 0 Å². The molecule has 13 heteroatoms. The Hall–Kier alpha value is -3.48. The molecule has 1 aliphatic heterocycles. The van der Waals surface area contributed by atoms with Crippen molar-refractivity contribution in [3.63, 3.8) is 0 Å². The highest BCUT2D eigenvalue weighted by Gasteiger charge is 2.51. The molecule has 1 aromatic carbocycles. The SMILES string of the molecule is CCOC(=O)C(OC)(OC(C)=O)OC(=C1C(=O)N(C(N)=O)c2cc(Cl)c(F)cc21)c1cccs1.